The number of benzene rings is 1. The third kappa shape index (κ3) is 2.00. The maximum absolute atomic E-state index is 6.14. The van der Waals surface area contributed by atoms with E-state index in [9.17, 15) is 0 Å². The van der Waals surface area contributed by atoms with Crippen LogP contribution in [0.25, 0.3) is 10.9 Å². The van der Waals surface area contributed by atoms with E-state index < -0.39 is 0 Å². The van der Waals surface area contributed by atoms with Crippen LogP contribution in [-0.2, 0) is 4.74 Å². The predicted octanol–water partition coefficient (Wildman–Crippen LogP) is 2.80. The van der Waals surface area contributed by atoms with Gasteiger partial charge in [0.1, 0.15) is 0 Å². The van der Waals surface area contributed by atoms with Gasteiger partial charge in [0.15, 0.2) is 0 Å². The van der Waals surface area contributed by atoms with Crippen LogP contribution < -0.4 is 11.1 Å². The van der Waals surface area contributed by atoms with Crippen LogP contribution in [0.3, 0.4) is 0 Å². The molecule has 104 valence electrons. The molecule has 1 aromatic carbocycles. The van der Waals surface area contributed by atoms with Gasteiger partial charge in [-0.05, 0) is 31.2 Å². The Labute approximate surface area is 118 Å². The largest absolute Gasteiger partial charge is 0.396 e. The van der Waals surface area contributed by atoms with Crippen LogP contribution in [0.5, 0.6) is 0 Å². The summed E-state index contributed by atoms with van der Waals surface area (Å²) in [5.74, 6) is 0.740. The summed E-state index contributed by atoms with van der Waals surface area (Å²) in [7, 11) is 0. The Morgan fingerprint density at radius 2 is 2.05 bits per heavy atom. The summed E-state index contributed by atoms with van der Waals surface area (Å²) in [4.78, 5) is 4.39. The molecule has 0 radical (unpaired) electrons. The SMILES string of the molecule is Nc1cnc2ccccc2c1NC1CCOC1C1CC1. The lowest BCUT2D eigenvalue weighted by molar-refractivity contribution is 0.0899. The average molecular weight is 269 g/mol. The van der Waals surface area contributed by atoms with Crippen LogP contribution >= 0.6 is 0 Å². The number of hydrogen-bond acceptors (Lipinski definition) is 4. The van der Waals surface area contributed by atoms with Gasteiger partial charge in [-0.15, -0.1) is 0 Å². The molecule has 20 heavy (non-hydrogen) atoms. The quantitative estimate of drug-likeness (QED) is 0.899. The zero-order valence-corrected chi connectivity index (χ0v) is 11.4. The number of hydrogen-bond donors (Lipinski definition) is 2. The first kappa shape index (κ1) is 12.0. The van der Waals surface area contributed by atoms with Crippen molar-refractivity contribution in [1.82, 2.24) is 4.98 Å². The first-order valence-electron chi connectivity index (χ1n) is 7.34. The highest BCUT2D eigenvalue weighted by Gasteiger charge is 2.40. The Morgan fingerprint density at radius 1 is 1.20 bits per heavy atom. The van der Waals surface area contributed by atoms with E-state index in [0.717, 1.165) is 35.5 Å². The molecule has 2 fully saturated rings. The van der Waals surface area contributed by atoms with E-state index in [2.05, 4.69) is 16.4 Å². The van der Waals surface area contributed by atoms with E-state index in [0.29, 0.717) is 17.8 Å². The van der Waals surface area contributed by atoms with Crippen molar-refractivity contribution in [2.75, 3.05) is 17.7 Å². The molecule has 0 bridgehead atoms. The van der Waals surface area contributed by atoms with Gasteiger partial charge in [-0.2, -0.15) is 0 Å². The minimum atomic E-state index is 0.348. The second-order valence-corrected chi connectivity index (χ2v) is 5.82. The molecule has 0 spiro atoms. The third-order valence-corrected chi connectivity index (χ3v) is 4.36. The van der Waals surface area contributed by atoms with Gasteiger partial charge in [-0.25, -0.2) is 0 Å². The molecule has 2 heterocycles. The van der Waals surface area contributed by atoms with Crippen LogP contribution in [0.4, 0.5) is 11.4 Å². The molecule has 2 atom stereocenters. The Hall–Kier alpha value is -1.81. The van der Waals surface area contributed by atoms with Crippen molar-refractivity contribution in [3.05, 3.63) is 30.5 Å². The van der Waals surface area contributed by atoms with Crippen molar-refractivity contribution in [2.45, 2.75) is 31.4 Å². The van der Waals surface area contributed by atoms with Crippen LogP contribution in [0.1, 0.15) is 19.3 Å². The average Bonchev–Trinajstić information content (AvgIpc) is 3.22. The molecule has 1 aliphatic heterocycles. The van der Waals surface area contributed by atoms with Gasteiger partial charge in [-0.1, -0.05) is 18.2 Å². The summed E-state index contributed by atoms with van der Waals surface area (Å²) in [6.45, 7) is 0.849. The number of para-hydroxylation sites is 1. The topological polar surface area (TPSA) is 60.2 Å². The number of aromatic nitrogens is 1. The first-order chi connectivity index (χ1) is 9.83. The molecule has 4 nitrogen and oxygen atoms in total. The van der Waals surface area contributed by atoms with E-state index in [1.165, 1.54) is 12.8 Å². The van der Waals surface area contributed by atoms with Crippen molar-refractivity contribution in [1.29, 1.82) is 0 Å². The summed E-state index contributed by atoms with van der Waals surface area (Å²) in [6, 6.07) is 8.49. The van der Waals surface area contributed by atoms with Gasteiger partial charge in [0.2, 0.25) is 0 Å². The van der Waals surface area contributed by atoms with Crippen molar-refractivity contribution in [2.24, 2.45) is 5.92 Å². The molecule has 2 aliphatic rings. The number of nitrogens with one attached hydrogen (secondary N) is 1. The first-order valence-corrected chi connectivity index (χ1v) is 7.34. The van der Waals surface area contributed by atoms with Crippen molar-refractivity contribution >= 4 is 22.3 Å². The smallest absolute Gasteiger partial charge is 0.0804 e. The van der Waals surface area contributed by atoms with Gasteiger partial charge in [0, 0.05) is 12.0 Å². The Morgan fingerprint density at radius 3 is 2.90 bits per heavy atom. The van der Waals surface area contributed by atoms with Gasteiger partial charge in [0.25, 0.3) is 0 Å². The van der Waals surface area contributed by atoms with Crippen molar-refractivity contribution in [3.63, 3.8) is 0 Å². The number of anilines is 2. The second-order valence-electron chi connectivity index (χ2n) is 5.82. The van der Waals surface area contributed by atoms with E-state index in [1.807, 2.05) is 18.2 Å². The molecule has 1 aromatic heterocycles. The summed E-state index contributed by atoms with van der Waals surface area (Å²) in [5, 5.41) is 4.73. The van der Waals surface area contributed by atoms with E-state index in [4.69, 9.17) is 10.5 Å². The van der Waals surface area contributed by atoms with Gasteiger partial charge < -0.3 is 15.8 Å². The number of rotatable bonds is 3. The number of nitrogen functional groups attached to an aromatic ring is 1. The number of ether oxygens (including phenoxy) is 1. The maximum atomic E-state index is 6.14. The lowest BCUT2D eigenvalue weighted by Gasteiger charge is -2.22. The van der Waals surface area contributed by atoms with Crippen molar-refractivity contribution in [3.8, 4) is 0 Å². The van der Waals surface area contributed by atoms with Crippen LogP contribution in [-0.4, -0.2) is 23.7 Å². The third-order valence-electron chi connectivity index (χ3n) is 4.36. The molecule has 0 amide bonds. The second kappa shape index (κ2) is 4.63. The summed E-state index contributed by atoms with van der Waals surface area (Å²) < 4.78 is 5.89. The van der Waals surface area contributed by atoms with Gasteiger partial charge in [-0.3, -0.25) is 4.98 Å². The fourth-order valence-corrected chi connectivity index (χ4v) is 3.16. The fourth-order valence-electron chi connectivity index (χ4n) is 3.16. The molecule has 4 heteroatoms. The molecule has 3 N–H and O–H groups in total. The number of pyridine rings is 1. The van der Waals surface area contributed by atoms with Crippen LogP contribution in [0, 0.1) is 5.92 Å². The minimum absolute atomic E-state index is 0.348. The molecule has 1 saturated heterocycles. The minimum Gasteiger partial charge on any atom is -0.396 e. The molecular formula is C16H19N3O. The summed E-state index contributed by atoms with van der Waals surface area (Å²) in [6.07, 6.45) is 5.75. The summed E-state index contributed by atoms with van der Waals surface area (Å²) >= 11 is 0. The Balaban J connectivity index is 1.69. The molecular weight excluding hydrogens is 250 g/mol. The number of fused-ring (bicyclic) bond motifs is 1. The van der Waals surface area contributed by atoms with Crippen LogP contribution in [0.2, 0.25) is 0 Å². The standard InChI is InChI=1S/C16H19N3O/c17-12-9-18-13-4-2-1-3-11(13)15(12)19-14-7-8-20-16(14)10-5-6-10/h1-4,9-10,14,16H,5-8,17H2,(H,18,19). The highest BCUT2D eigenvalue weighted by atomic mass is 16.5. The molecule has 4 rings (SSSR count). The maximum Gasteiger partial charge on any atom is 0.0804 e. The van der Waals surface area contributed by atoms with E-state index >= 15 is 0 Å². The molecule has 1 aliphatic carbocycles. The molecule has 2 aromatic rings. The Kier molecular flexibility index (Phi) is 2.77. The van der Waals surface area contributed by atoms with Crippen LogP contribution in [0.15, 0.2) is 30.5 Å². The Bertz CT molecular complexity index is 639. The highest BCUT2D eigenvalue weighted by molar-refractivity contribution is 5.97. The summed E-state index contributed by atoms with van der Waals surface area (Å²) in [5.41, 5.74) is 8.84. The lowest BCUT2D eigenvalue weighted by atomic mass is 10.0. The predicted molar refractivity (Wildman–Crippen MR) is 80.6 cm³/mol. The number of nitrogens with zero attached hydrogens (tertiary/aromatic N) is 1. The van der Waals surface area contributed by atoms with E-state index in [-0.39, 0.29) is 0 Å². The van der Waals surface area contributed by atoms with Crippen molar-refractivity contribution < 1.29 is 4.74 Å². The highest BCUT2D eigenvalue weighted by Crippen LogP contribution is 2.40. The zero-order valence-electron chi connectivity index (χ0n) is 11.4. The fraction of sp³-hybridized carbons (Fsp3) is 0.438. The normalized spacial score (nSPS) is 26.0. The molecule has 2 unspecified atom stereocenters. The monoisotopic (exact) mass is 269 g/mol. The lowest BCUT2D eigenvalue weighted by Crippen LogP contribution is -2.31. The molecule has 1 saturated carbocycles. The van der Waals surface area contributed by atoms with Gasteiger partial charge in [0.05, 0.1) is 35.2 Å². The van der Waals surface area contributed by atoms with Gasteiger partial charge >= 0.3 is 0 Å². The zero-order chi connectivity index (χ0) is 13.5. The van der Waals surface area contributed by atoms with E-state index in [1.54, 1.807) is 6.20 Å². The number of nitrogens with two attached hydrogens (primary N) is 1.